The quantitative estimate of drug-likeness (QED) is 0.0774. The van der Waals surface area contributed by atoms with Crippen molar-refractivity contribution in [3.63, 3.8) is 0 Å². The highest BCUT2D eigenvalue weighted by Crippen LogP contribution is 2.26. The van der Waals surface area contributed by atoms with Crippen LogP contribution < -0.4 is 18.9 Å². The highest BCUT2D eigenvalue weighted by Gasteiger charge is 2.03. The van der Waals surface area contributed by atoms with Crippen LogP contribution in [0.25, 0.3) is 0 Å². The second-order valence-corrected chi connectivity index (χ2v) is 10.1. The van der Waals surface area contributed by atoms with E-state index in [0.717, 1.165) is 30.9 Å². The lowest BCUT2D eigenvalue weighted by molar-refractivity contribution is -0.384. The number of non-ortho nitro benzene ring substituents is 1. The van der Waals surface area contributed by atoms with Crippen molar-refractivity contribution in [3.05, 3.63) is 158 Å². The van der Waals surface area contributed by atoms with E-state index in [9.17, 15) is 34.1 Å². The van der Waals surface area contributed by atoms with Crippen LogP contribution in [0.4, 0.5) is 5.69 Å². The first-order chi connectivity index (χ1) is 25.1. The second-order valence-electron chi connectivity index (χ2n) is 9.65. The minimum atomic E-state index is -0.505. The first-order valence-electron chi connectivity index (χ1n) is 14.9. The number of nitro groups is 1. The molecule has 0 bridgehead atoms. The summed E-state index contributed by atoms with van der Waals surface area (Å²) < 4.78 is 19.8. The lowest BCUT2D eigenvalue weighted by Gasteiger charge is -2.06. The first kappa shape index (κ1) is 43.4. The van der Waals surface area contributed by atoms with Crippen LogP contribution in [0, 0.1) is 10.1 Å². The number of nitro benzene ring substituents is 1. The molecule has 0 unspecified atom stereocenters. The number of hydrogen-bond donors (Lipinski definition) is 0. The van der Waals surface area contributed by atoms with E-state index in [4.69, 9.17) is 30.5 Å². The van der Waals surface area contributed by atoms with Crippen molar-refractivity contribution in [2.75, 3.05) is 28.4 Å². The van der Waals surface area contributed by atoms with Gasteiger partial charge in [0.15, 0.2) is 11.5 Å². The van der Waals surface area contributed by atoms with Crippen LogP contribution in [0.2, 0.25) is 5.02 Å². The molecule has 5 aromatic carbocycles. The molecule has 0 aromatic heterocycles. The van der Waals surface area contributed by atoms with E-state index in [0.29, 0.717) is 56.4 Å². The summed E-state index contributed by atoms with van der Waals surface area (Å²) in [5, 5.41) is 10.8. The third-order valence-corrected chi connectivity index (χ3v) is 6.52. The molecule has 0 aliphatic carbocycles. The number of halogens is 1. The topological polar surface area (TPSA) is 165 Å². The third kappa shape index (κ3) is 16.6. The average Bonchev–Trinajstić information content (AvgIpc) is 3.21. The molecule has 0 atom stereocenters. The monoisotopic (exact) mass is 729 g/mol. The van der Waals surface area contributed by atoms with Crippen molar-refractivity contribution in [2.45, 2.75) is 0 Å². The number of aldehydes is 5. The van der Waals surface area contributed by atoms with Gasteiger partial charge in [-0.15, -0.1) is 0 Å². The highest BCUT2D eigenvalue weighted by atomic mass is 35.5. The summed E-state index contributed by atoms with van der Waals surface area (Å²) >= 11 is 5.55. The molecule has 0 saturated heterocycles. The Labute approximate surface area is 305 Å². The standard InChI is InChI=1S/C9H10O3.2C8H8O2.C7H5ClO.C7H5NO3/c1-11-8-4-3-7(6-10)5-9(8)12-2;1-10-8-4-2-7(6-9)3-5-8;1-10-8-4-2-3-7(5-8)6-9;8-7-3-1-6(5-9)2-4-7;9-5-6-1-3-7(4-2-6)8(10)11/h3-6H,1-2H3;2*2-6H,1H3;1-5H;1-5H. The molecule has 52 heavy (non-hydrogen) atoms. The predicted octanol–water partition coefficient (Wildman–Crippen LogP) is 8.09. The Bertz CT molecular complexity index is 1840. The van der Waals surface area contributed by atoms with Crippen LogP contribution in [0.3, 0.4) is 0 Å². The van der Waals surface area contributed by atoms with E-state index in [2.05, 4.69) is 0 Å². The number of ether oxygens (including phenoxy) is 4. The number of methoxy groups -OCH3 is 4. The molecule has 0 aliphatic rings. The Kier molecular flexibility index (Phi) is 21.1. The fourth-order valence-corrected chi connectivity index (χ4v) is 3.67. The molecular formula is C39H36ClNO11. The van der Waals surface area contributed by atoms with Crippen molar-refractivity contribution in [1.82, 2.24) is 0 Å². The Hall–Kier alpha value is -6.66. The molecular weight excluding hydrogens is 694 g/mol. The van der Waals surface area contributed by atoms with Gasteiger partial charge in [0.25, 0.3) is 5.69 Å². The van der Waals surface area contributed by atoms with Gasteiger partial charge in [-0.25, -0.2) is 0 Å². The third-order valence-electron chi connectivity index (χ3n) is 6.27. The Morgan fingerprint density at radius 1 is 0.481 bits per heavy atom. The van der Waals surface area contributed by atoms with Crippen molar-refractivity contribution in [3.8, 4) is 23.0 Å². The van der Waals surface area contributed by atoms with Gasteiger partial charge >= 0.3 is 0 Å². The number of nitrogens with zero attached hydrogens (tertiary/aromatic N) is 1. The zero-order valence-electron chi connectivity index (χ0n) is 28.7. The van der Waals surface area contributed by atoms with Crippen LogP contribution in [-0.4, -0.2) is 64.8 Å². The van der Waals surface area contributed by atoms with Gasteiger partial charge in [0.1, 0.15) is 42.9 Å². The van der Waals surface area contributed by atoms with Gasteiger partial charge in [-0.1, -0.05) is 35.9 Å². The molecule has 12 nitrogen and oxygen atoms in total. The number of carbonyl (C=O) groups excluding carboxylic acids is 5. The van der Waals surface area contributed by atoms with Crippen molar-refractivity contribution in [2.24, 2.45) is 0 Å². The van der Waals surface area contributed by atoms with Crippen molar-refractivity contribution < 1.29 is 47.8 Å². The summed E-state index contributed by atoms with van der Waals surface area (Å²) in [5.74, 6) is 2.68. The summed E-state index contributed by atoms with van der Waals surface area (Å²) in [7, 11) is 6.25. The number of rotatable bonds is 10. The molecule has 0 aliphatic heterocycles. The molecule has 13 heteroatoms. The van der Waals surface area contributed by atoms with E-state index in [1.807, 2.05) is 0 Å². The first-order valence-corrected chi connectivity index (χ1v) is 15.3. The Morgan fingerprint density at radius 3 is 1.33 bits per heavy atom. The van der Waals surface area contributed by atoms with E-state index < -0.39 is 4.92 Å². The lowest BCUT2D eigenvalue weighted by Crippen LogP contribution is -1.91. The number of hydrogen-bond acceptors (Lipinski definition) is 11. The average molecular weight is 730 g/mol. The van der Waals surface area contributed by atoms with Crippen LogP contribution >= 0.6 is 11.6 Å². The van der Waals surface area contributed by atoms with Crippen LogP contribution in [0.5, 0.6) is 23.0 Å². The number of carbonyl (C=O) groups is 5. The van der Waals surface area contributed by atoms with Gasteiger partial charge in [0.05, 0.1) is 33.4 Å². The van der Waals surface area contributed by atoms with E-state index >= 15 is 0 Å². The normalized spacial score (nSPS) is 9.02. The molecule has 270 valence electrons. The summed E-state index contributed by atoms with van der Waals surface area (Å²) in [6.07, 6.45) is 3.80. The zero-order valence-corrected chi connectivity index (χ0v) is 29.4. The molecule has 5 rings (SSSR count). The second kappa shape index (κ2) is 25.3. The largest absolute Gasteiger partial charge is 0.497 e. The molecule has 0 spiro atoms. The SMILES string of the molecule is COc1ccc(C=O)cc1.COc1ccc(C=O)cc1OC.COc1cccc(C=O)c1.O=Cc1ccc(Cl)cc1.O=Cc1ccc([N+](=O)[O-])cc1. The van der Waals surface area contributed by atoms with Crippen LogP contribution in [0.15, 0.2) is 115 Å². The van der Waals surface area contributed by atoms with Gasteiger partial charge < -0.3 is 18.9 Å². The predicted molar refractivity (Wildman–Crippen MR) is 197 cm³/mol. The van der Waals surface area contributed by atoms with Gasteiger partial charge in [0, 0.05) is 45.0 Å². The van der Waals surface area contributed by atoms with E-state index in [1.165, 1.54) is 31.4 Å². The summed E-state index contributed by atoms with van der Waals surface area (Å²) in [4.78, 5) is 60.6. The molecule has 0 radical (unpaired) electrons. The van der Waals surface area contributed by atoms with Crippen LogP contribution in [-0.2, 0) is 0 Å². The van der Waals surface area contributed by atoms with Crippen molar-refractivity contribution >= 4 is 48.7 Å². The molecule has 0 N–H and O–H groups in total. The number of benzene rings is 5. The summed E-state index contributed by atoms with van der Waals surface area (Å²) in [5.41, 5.74) is 2.97. The smallest absolute Gasteiger partial charge is 0.269 e. The zero-order chi connectivity index (χ0) is 38.7. The maximum Gasteiger partial charge on any atom is 0.269 e. The van der Waals surface area contributed by atoms with Gasteiger partial charge in [0.2, 0.25) is 0 Å². The van der Waals surface area contributed by atoms with Crippen LogP contribution in [0.1, 0.15) is 51.8 Å². The summed E-state index contributed by atoms with van der Waals surface area (Å²) in [6.45, 7) is 0. The molecule has 0 saturated carbocycles. The minimum absolute atomic E-state index is 0.00407. The molecule has 0 fully saturated rings. The maximum absolute atomic E-state index is 10.4. The summed E-state index contributed by atoms with van der Waals surface area (Å²) in [6, 6.07) is 31.1. The Morgan fingerprint density at radius 2 is 0.904 bits per heavy atom. The van der Waals surface area contributed by atoms with Crippen molar-refractivity contribution in [1.29, 1.82) is 0 Å². The van der Waals surface area contributed by atoms with Gasteiger partial charge in [-0.05, 0) is 78.9 Å². The van der Waals surface area contributed by atoms with Gasteiger partial charge in [-0.3, -0.25) is 34.1 Å². The lowest BCUT2D eigenvalue weighted by atomic mass is 10.2. The minimum Gasteiger partial charge on any atom is -0.497 e. The Balaban J connectivity index is 0.000000326. The molecule has 5 aromatic rings. The fraction of sp³-hybridized carbons (Fsp3) is 0.103. The molecule has 0 amide bonds. The van der Waals surface area contributed by atoms with E-state index in [-0.39, 0.29) is 5.69 Å². The fourth-order valence-electron chi connectivity index (χ4n) is 3.54. The molecule has 0 heterocycles. The van der Waals surface area contributed by atoms with Gasteiger partial charge in [-0.2, -0.15) is 0 Å². The highest BCUT2D eigenvalue weighted by molar-refractivity contribution is 6.30. The maximum atomic E-state index is 10.4. The van der Waals surface area contributed by atoms with E-state index in [1.54, 1.807) is 112 Å².